The minimum Gasteiger partial charge on any atom is -0.478 e. The van der Waals surface area contributed by atoms with E-state index >= 15 is 0 Å². The molecule has 2 aromatic carbocycles. The van der Waals surface area contributed by atoms with Crippen LogP contribution < -0.4 is 4.72 Å². The van der Waals surface area contributed by atoms with Crippen LogP contribution in [0.15, 0.2) is 47.4 Å². The lowest BCUT2D eigenvalue weighted by molar-refractivity contribution is 0.0698. The van der Waals surface area contributed by atoms with E-state index in [9.17, 15) is 18.3 Å². The average molecular weight is 305 g/mol. The maximum atomic E-state index is 12.3. The molecule has 0 saturated heterocycles. The highest BCUT2D eigenvalue weighted by Gasteiger charge is 2.20. The average Bonchev–Trinajstić information content (AvgIpc) is 2.42. The van der Waals surface area contributed by atoms with E-state index in [0.29, 0.717) is 5.56 Å². The molecule has 0 saturated carbocycles. The Labute approximate surface area is 123 Å². The van der Waals surface area contributed by atoms with Crippen molar-refractivity contribution in [3.05, 3.63) is 59.2 Å². The van der Waals surface area contributed by atoms with Crippen LogP contribution in [-0.2, 0) is 10.0 Å². The molecule has 0 radical (unpaired) electrons. The topological polar surface area (TPSA) is 83.5 Å². The quantitative estimate of drug-likeness (QED) is 0.909. The van der Waals surface area contributed by atoms with E-state index in [4.69, 9.17) is 0 Å². The van der Waals surface area contributed by atoms with E-state index in [1.807, 2.05) is 0 Å². The van der Waals surface area contributed by atoms with Crippen LogP contribution in [0.1, 0.15) is 21.5 Å². The van der Waals surface area contributed by atoms with Crippen molar-refractivity contribution in [2.45, 2.75) is 18.7 Å². The van der Waals surface area contributed by atoms with Gasteiger partial charge >= 0.3 is 5.97 Å². The number of hydrogen-bond donors (Lipinski definition) is 2. The van der Waals surface area contributed by atoms with Gasteiger partial charge in [-0.25, -0.2) is 13.2 Å². The van der Waals surface area contributed by atoms with Gasteiger partial charge in [-0.1, -0.05) is 24.3 Å². The van der Waals surface area contributed by atoms with E-state index < -0.39 is 16.0 Å². The van der Waals surface area contributed by atoms with Gasteiger partial charge in [0.2, 0.25) is 0 Å². The van der Waals surface area contributed by atoms with Crippen molar-refractivity contribution in [3.63, 3.8) is 0 Å². The molecule has 2 rings (SSSR count). The molecule has 2 N–H and O–H groups in total. The highest BCUT2D eigenvalue weighted by molar-refractivity contribution is 7.92. The second kappa shape index (κ2) is 5.57. The van der Waals surface area contributed by atoms with E-state index in [2.05, 4.69) is 4.72 Å². The Balaban J connectivity index is 2.52. The Morgan fingerprint density at radius 1 is 1.10 bits per heavy atom. The van der Waals surface area contributed by atoms with Crippen molar-refractivity contribution in [1.82, 2.24) is 0 Å². The number of carbonyl (C=O) groups is 1. The van der Waals surface area contributed by atoms with Crippen molar-refractivity contribution in [1.29, 1.82) is 0 Å². The van der Waals surface area contributed by atoms with Gasteiger partial charge in [0.25, 0.3) is 10.0 Å². The minimum atomic E-state index is -3.82. The third-order valence-electron chi connectivity index (χ3n) is 3.00. The predicted molar refractivity (Wildman–Crippen MR) is 80.1 cm³/mol. The molecule has 6 heteroatoms. The Kier molecular flexibility index (Phi) is 3.99. The Hall–Kier alpha value is -2.34. The number of sulfonamides is 1. The van der Waals surface area contributed by atoms with Gasteiger partial charge < -0.3 is 5.11 Å². The lowest BCUT2D eigenvalue weighted by Crippen LogP contribution is -2.16. The van der Waals surface area contributed by atoms with Gasteiger partial charge in [-0.15, -0.1) is 0 Å². The fourth-order valence-electron chi connectivity index (χ4n) is 2.06. The molecule has 0 spiro atoms. The van der Waals surface area contributed by atoms with Crippen LogP contribution in [0.2, 0.25) is 0 Å². The second-order valence-corrected chi connectivity index (χ2v) is 6.41. The van der Waals surface area contributed by atoms with Crippen LogP contribution in [-0.4, -0.2) is 19.5 Å². The zero-order valence-electron chi connectivity index (χ0n) is 11.6. The highest BCUT2D eigenvalue weighted by atomic mass is 32.2. The van der Waals surface area contributed by atoms with Crippen LogP contribution >= 0.6 is 0 Å². The Bertz CT molecular complexity index is 783. The van der Waals surface area contributed by atoms with E-state index in [-0.39, 0.29) is 16.1 Å². The fraction of sp³-hybridized carbons (Fsp3) is 0.133. The van der Waals surface area contributed by atoms with E-state index in [0.717, 1.165) is 5.56 Å². The first-order chi connectivity index (χ1) is 9.81. The summed E-state index contributed by atoms with van der Waals surface area (Å²) in [4.78, 5) is 11.4. The smallest absolute Gasteiger partial charge is 0.337 e. The van der Waals surface area contributed by atoms with Crippen LogP contribution in [0, 0.1) is 13.8 Å². The molecule has 5 nitrogen and oxygen atoms in total. The summed E-state index contributed by atoms with van der Waals surface area (Å²) in [5, 5.41) is 9.25. The summed E-state index contributed by atoms with van der Waals surface area (Å²) in [5.41, 5.74) is 1.35. The van der Waals surface area contributed by atoms with Crippen LogP contribution in [0.25, 0.3) is 0 Å². The largest absolute Gasteiger partial charge is 0.478 e. The van der Waals surface area contributed by atoms with Crippen molar-refractivity contribution in [2.24, 2.45) is 0 Å². The monoisotopic (exact) mass is 305 g/mol. The second-order valence-electron chi connectivity index (χ2n) is 4.73. The van der Waals surface area contributed by atoms with Gasteiger partial charge in [0.05, 0.1) is 16.1 Å². The van der Waals surface area contributed by atoms with E-state index in [1.54, 1.807) is 38.1 Å². The molecule has 0 aromatic heterocycles. The molecule has 0 aliphatic heterocycles. The molecule has 21 heavy (non-hydrogen) atoms. The molecule has 0 amide bonds. The molecule has 110 valence electrons. The third kappa shape index (κ3) is 3.22. The number of rotatable bonds is 4. The molecule has 0 aliphatic rings. The van der Waals surface area contributed by atoms with Crippen molar-refractivity contribution in [3.8, 4) is 0 Å². The van der Waals surface area contributed by atoms with Crippen molar-refractivity contribution >= 4 is 21.7 Å². The number of aromatic carboxylic acids is 1. The number of carboxylic acids is 1. The third-order valence-corrected chi connectivity index (χ3v) is 4.37. The van der Waals surface area contributed by atoms with Gasteiger partial charge in [-0.2, -0.15) is 0 Å². The zero-order chi connectivity index (χ0) is 15.6. The molecule has 0 atom stereocenters. The molecule has 2 aromatic rings. The summed E-state index contributed by atoms with van der Waals surface area (Å²) in [7, 11) is -3.82. The fourth-order valence-corrected chi connectivity index (χ4v) is 3.24. The molecule has 0 unspecified atom stereocenters. The molecule has 0 fully saturated rings. The van der Waals surface area contributed by atoms with Gasteiger partial charge in [0, 0.05) is 0 Å². The number of benzene rings is 2. The van der Waals surface area contributed by atoms with Crippen molar-refractivity contribution < 1.29 is 18.3 Å². The number of anilines is 1. The molecular formula is C15H15NO4S. The Morgan fingerprint density at radius 2 is 1.71 bits per heavy atom. The first kappa shape index (κ1) is 15.1. The van der Waals surface area contributed by atoms with Gasteiger partial charge in [0.1, 0.15) is 0 Å². The minimum absolute atomic E-state index is 0.0630. The molecule has 0 heterocycles. The normalized spacial score (nSPS) is 11.1. The molecule has 0 aliphatic carbocycles. The number of hydrogen-bond acceptors (Lipinski definition) is 3. The summed E-state index contributed by atoms with van der Waals surface area (Å²) in [6.07, 6.45) is 0. The summed E-state index contributed by atoms with van der Waals surface area (Å²) in [5.74, 6) is -1.17. The predicted octanol–water partition coefficient (Wildman–Crippen LogP) is 2.80. The van der Waals surface area contributed by atoms with Crippen LogP contribution in [0.4, 0.5) is 5.69 Å². The summed E-state index contributed by atoms with van der Waals surface area (Å²) in [6, 6.07) is 11.0. The van der Waals surface area contributed by atoms with Gasteiger partial charge in [0.15, 0.2) is 0 Å². The SMILES string of the molecule is Cc1cc(C)c(NS(=O)(=O)c2ccccc2)c(C(=O)O)c1. The van der Waals surface area contributed by atoms with Gasteiger partial charge in [-0.05, 0) is 43.2 Å². The summed E-state index contributed by atoms with van der Waals surface area (Å²) in [6.45, 7) is 3.43. The van der Waals surface area contributed by atoms with Crippen LogP contribution in [0.5, 0.6) is 0 Å². The van der Waals surface area contributed by atoms with Crippen LogP contribution in [0.3, 0.4) is 0 Å². The van der Waals surface area contributed by atoms with Crippen molar-refractivity contribution in [2.75, 3.05) is 4.72 Å². The van der Waals surface area contributed by atoms with E-state index in [1.165, 1.54) is 18.2 Å². The first-order valence-electron chi connectivity index (χ1n) is 6.23. The summed E-state index contributed by atoms with van der Waals surface area (Å²) < 4.78 is 27.0. The number of aryl methyl sites for hydroxylation is 2. The highest BCUT2D eigenvalue weighted by Crippen LogP contribution is 2.25. The lowest BCUT2D eigenvalue weighted by Gasteiger charge is -2.14. The maximum absolute atomic E-state index is 12.3. The first-order valence-corrected chi connectivity index (χ1v) is 7.72. The zero-order valence-corrected chi connectivity index (χ0v) is 12.4. The molecule has 0 bridgehead atoms. The molecular weight excluding hydrogens is 290 g/mol. The Morgan fingerprint density at radius 3 is 2.29 bits per heavy atom. The number of carboxylic acid groups (broad SMARTS) is 1. The maximum Gasteiger partial charge on any atom is 0.337 e. The number of nitrogens with one attached hydrogen (secondary N) is 1. The van der Waals surface area contributed by atoms with Gasteiger partial charge in [-0.3, -0.25) is 4.72 Å². The summed E-state index contributed by atoms with van der Waals surface area (Å²) >= 11 is 0. The standard InChI is InChI=1S/C15H15NO4S/c1-10-8-11(2)14(13(9-10)15(17)18)16-21(19,20)12-6-4-3-5-7-12/h3-9,16H,1-2H3,(H,17,18). The lowest BCUT2D eigenvalue weighted by atomic mass is 10.0.